The van der Waals surface area contributed by atoms with Crippen LogP contribution in [0.4, 0.5) is 5.95 Å². The minimum atomic E-state index is -0.833. The van der Waals surface area contributed by atoms with Gasteiger partial charge in [0.2, 0.25) is 5.95 Å². The van der Waals surface area contributed by atoms with Crippen molar-refractivity contribution in [2.45, 2.75) is 13.5 Å². The van der Waals surface area contributed by atoms with Crippen LogP contribution in [0.5, 0.6) is 5.75 Å². The highest BCUT2D eigenvalue weighted by Gasteiger charge is 2.18. The first-order chi connectivity index (χ1) is 12.0. The third-order valence-corrected chi connectivity index (χ3v) is 3.70. The van der Waals surface area contributed by atoms with Crippen LogP contribution in [0, 0.1) is 0 Å². The van der Waals surface area contributed by atoms with Gasteiger partial charge in [-0.2, -0.15) is 10.1 Å². The number of halogens is 1. The monoisotopic (exact) mass is 361 g/mol. The number of aliphatic carboxylic acids is 1. The standard InChI is InChI=1S/C14H12ClN5O.C2H4O2/c15-11-1-2-12-9(5-11)8-20(3-4-21-12)14-16-6-10-7-17-19-13(10)18-14;1-2(3)4/h1-2,5-7H,3-4,8H2,(H,16,17,18,19);1H3,(H,3,4). The zero-order chi connectivity index (χ0) is 17.8. The van der Waals surface area contributed by atoms with Gasteiger partial charge >= 0.3 is 0 Å². The number of hydrogen-bond donors (Lipinski definition) is 2. The van der Waals surface area contributed by atoms with Gasteiger partial charge in [-0.3, -0.25) is 9.89 Å². The van der Waals surface area contributed by atoms with E-state index in [-0.39, 0.29) is 0 Å². The van der Waals surface area contributed by atoms with Crippen molar-refractivity contribution in [3.8, 4) is 5.75 Å². The van der Waals surface area contributed by atoms with Crippen molar-refractivity contribution < 1.29 is 14.6 Å². The summed E-state index contributed by atoms with van der Waals surface area (Å²) in [5, 5.41) is 15.8. The molecule has 0 spiro atoms. The zero-order valence-electron chi connectivity index (χ0n) is 13.4. The molecule has 3 aromatic rings. The highest BCUT2D eigenvalue weighted by atomic mass is 35.5. The second kappa shape index (κ2) is 7.35. The van der Waals surface area contributed by atoms with E-state index in [2.05, 4.69) is 25.1 Å². The lowest BCUT2D eigenvalue weighted by Gasteiger charge is -2.19. The number of carbonyl (C=O) groups is 1. The minimum absolute atomic E-state index is 0.582. The van der Waals surface area contributed by atoms with Gasteiger partial charge in [-0.1, -0.05) is 11.6 Å². The summed E-state index contributed by atoms with van der Waals surface area (Å²) in [5.74, 6) is 0.688. The Labute approximate surface area is 148 Å². The molecule has 0 atom stereocenters. The van der Waals surface area contributed by atoms with E-state index in [1.54, 1.807) is 12.4 Å². The second-order valence-electron chi connectivity index (χ2n) is 5.39. The summed E-state index contributed by atoms with van der Waals surface area (Å²) < 4.78 is 5.75. The summed E-state index contributed by atoms with van der Waals surface area (Å²) in [5.41, 5.74) is 1.77. The van der Waals surface area contributed by atoms with E-state index >= 15 is 0 Å². The van der Waals surface area contributed by atoms with E-state index < -0.39 is 5.97 Å². The molecule has 0 bridgehead atoms. The van der Waals surface area contributed by atoms with Crippen molar-refractivity contribution in [2.24, 2.45) is 0 Å². The molecule has 1 aliphatic heterocycles. The largest absolute Gasteiger partial charge is 0.491 e. The number of rotatable bonds is 1. The van der Waals surface area contributed by atoms with Crippen molar-refractivity contribution in [3.05, 3.63) is 41.2 Å². The number of nitrogens with one attached hydrogen (secondary N) is 1. The van der Waals surface area contributed by atoms with Crippen LogP contribution in [-0.4, -0.2) is 44.4 Å². The Morgan fingerprint density at radius 1 is 1.40 bits per heavy atom. The number of H-pyrrole nitrogens is 1. The summed E-state index contributed by atoms with van der Waals surface area (Å²) in [4.78, 5) is 20.0. The van der Waals surface area contributed by atoms with Gasteiger partial charge in [0.15, 0.2) is 5.65 Å². The molecule has 8 nitrogen and oxygen atoms in total. The van der Waals surface area contributed by atoms with Gasteiger partial charge in [-0.15, -0.1) is 0 Å². The quantitative estimate of drug-likeness (QED) is 0.686. The van der Waals surface area contributed by atoms with Gasteiger partial charge in [0.25, 0.3) is 5.97 Å². The molecule has 0 unspecified atom stereocenters. The average molecular weight is 362 g/mol. The summed E-state index contributed by atoms with van der Waals surface area (Å²) in [6, 6.07) is 5.66. The van der Waals surface area contributed by atoms with Crippen LogP contribution in [0.2, 0.25) is 5.02 Å². The number of aromatic nitrogens is 4. The Kier molecular flexibility index (Phi) is 4.99. The molecular weight excluding hydrogens is 346 g/mol. The van der Waals surface area contributed by atoms with Crippen molar-refractivity contribution in [1.29, 1.82) is 0 Å². The molecule has 0 radical (unpaired) electrons. The smallest absolute Gasteiger partial charge is 0.300 e. The number of hydrogen-bond acceptors (Lipinski definition) is 6. The first-order valence-electron chi connectivity index (χ1n) is 7.55. The molecule has 1 aromatic carbocycles. The maximum Gasteiger partial charge on any atom is 0.300 e. The van der Waals surface area contributed by atoms with Crippen LogP contribution in [0.15, 0.2) is 30.6 Å². The second-order valence-corrected chi connectivity index (χ2v) is 5.82. The van der Waals surface area contributed by atoms with Crippen LogP contribution >= 0.6 is 11.6 Å². The summed E-state index contributed by atoms with van der Waals surface area (Å²) >= 11 is 6.07. The van der Waals surface area contributed by atoms with Gasteiger partial charge in [-0.25, -0.2) is 4.98 Å². The van der Waals surface area contributed by atoms with Crippen molar-refractivity contribution in [2.75, 3.05) is 18.1 Å². The van der Waals surface area contributed by atoms with E-state index in [0.717, 1.165) is 29.3 Å². The summed E-state index contributed by atoms with van der Waals surface area (Å²) in [7, 11) is 0. The van der Waals surface area contributed by atoms with Crippen LogP contribution in [0.25, 0.3) is 11.0 Å². The van der Waals surface area contributed by atoms with Gasteiger partial charge in [0, 0.05) is 30.3 Å². The summed E-state index contributed by atoms with van der Waals surface area (Å²) in [6.07, 6.45) is 3.48. The van der Waals surface area contributed by atoms with Crippen LogP contribution in [-0.2, 0) is 11.3 Å². The highest BCUT2D eigenvalue weighted by Crippen LogP contribution is 2.27. The Morgan fingerprint density at radius 2 is 2.20 bits per heavy atom. The Balaban J connectivity index is 0.000000415. The number of nitrogens with zero attached hydrogens (tertiary/aromatic N) is 4. The molecule has 1 aliphatic rings. The Morgan fingerprint density at radius 3 is 3.00 bits per heavy atom. The van der Waals surface area contributed by atoms with E-state index in [0.29, 0.717) is 30.7 Å². The third-order valence-electron chi connectivity index (χ3n) is 3.46. The van der Waals surface area contributed by atoms with Gasteiger partial charge < -0.3 is 14.7 Å². The molecule has 2 aromatic heterocycles. The van der Waals surface area contributed by atoms with E-state index in [1.807, 2.05) is 18.2 Å². The molecular formula is C16H16ClN5O3. The fourth-order valence-electron chi connectivity index (χ4n) is 2.41. The predicted octanol–water partition coefficient (Wildman–Crippen LogP) is 2.50. The molecule has 0 fully saturated rings. The average Bonchev–Trinajstić information content (AvgIpc) is 2.93. The molecule has 25 heavy (non-hydrogen) atoms. The number of carboxylic acids is 1. The molecule has 0 amide bonds. The fourth-order valence-corrected chi connectivity index (χ4v) is 2.61. The topological polar surface area (TPSA) is 104 Å². The normalized spacial score (nSPS) is 13.3. The number of aromatic amines is 1. The number of benzene rings is 1. The molecule has 2 N–H and O–H groups in total. The minimum Gasteiger partial charge on any atom is -0.491 e. The lowest BCUT2D eigenvalue weighted by molar-refractivity contribution is -0.134. The van der Waals surface area contributed by atoms with Gasteiger partial charge in [0.05, 0.1) is 18.1 Å². The summed E-state index contributed by atoms with van der Waals surface area (Å²) in [6.45, 7) is 3.04. The maximum atomic E-state index is 9.00. The zero-order valence-corrected chi connectivity index (χ0v) is 14.2. The SMILES string of the molecule is CC(=O)O.Clc1ccc2c(c1)CN(c1ncc3cn[nH]c3n1)CCO2. The lowest BCUT2D eigenvalue weighted by atomic mass is 10.2. The fraction of sp³-hybridized carbons (Fsp3) is 0.250. The first-order valence-corrected chi connectivity index (χ1v) is 7.92. The number of anilines is 1. The first kappa shape index (κ1) is 17.0. The molecule has 0 saturated heterocycles. The van der Waals surface area contributed by atoms with Crippen molar-refractivity contribution >= 4 is 34.6 Å². The molecule has 0 aliphatic carbocycles. The number of carboxylic acid groups (broad SMARTS) is 1. The molecule has 3 heterocycles. The van der Waals surface area contributed by atoms with Gasteiger partial charge in [0.1, 0.15) is 12.4 Å². The predicted molar refractivity (Wildman–Crippen MR) is 93.0 cm³/mol. The van der Waals surface area contributed by atoms with Crippen LogP contribution in [0.1, 0.15) is 12.5 Å². The lowest BCUT2D eigenvalue weighted by Crippen LogP contribution is -2.27. The maximum absolute atomic E-state index is 9.00. The van der Waals surface area contributed by atoms with Crippen molar-refractivity contribution in [1.82, 2.24) is 20.2 Å². The Hall–Kier alpha value is -2.87. The third kappa shape index (κ3) is 4.16. The van der Waals surface area contributed by atoms with E-state index in [9.17, 15) is 0 Å². The molecule has 4 rings (SSSR count). The van der Waals surface area contributed by atoms with E-state index in [1.165, 1.54) is 0 Å². The van der Waals surface area contributed by atoms with Crippen molar-refractivity contribution in [3.63, 3.8) is 0 Å². The van der Waals surface area contributed by atoms with Crippen LogP contribution in [0.3, 0.4) is 0 Å². The molecule has 130 valence electrons. The Bertz CT molecular complexity index is 894. The molecule has 9 heteroatoms. The molecule has 0 saturated carbocycles. The number of ether oxygens (including phenoxy) is 1. The van der Waals surface area contributed by atoms with Gasteiger partial charge in [-0.05, 0) is 18.2 Å². The number of fused-ring (bicyclic) bond motifs is 2. The van der Waals surface area contributed by atoms with Crippen LogP contribution < -0.4 is 9.64 Å². The highest BCUT2D eigenvalue weighted by molar-refractivity contribution is 6.30. The van der Waals surface area contributed by atoms with E-state index in [4.69, 9.17) is 26.2 Å².